The molecular formula is C14H18O3. The molecule has 17 heavy (non-hydrogen) atoms. The smallest absolute Gasteiger partial charge is 0.163 e. The number of carbonyl (C=O) groups excluding carboxylic acids is 1. The predicted molar refractivity (Wildman–Crippen MR) is 65.8 cm³/mol. The van der Waals surface area contributed by atoms with E-state index in [1.54, 1.807) is 6.07 Å². The van der Waals surface area contributed by atoms with Crippen LogP contribution in [0.1, 0.15) is 37.0 Å². The third-order valence-corrected chi connectivity index (χ3v) is 2.79. The fourth-order valence-corrected chi connectivity index (χ4v) is 1.80. The van der Waals surface area contributed by atoms with Crippen molar-refractivity contribution in [3.63, 3.8) is 0 Å². The second kappa shape index (κ2) is 5.21. The van der Waals surface area contributed by atoms with Crippen molar-refractivity contribution >= 4 is 5.78 Å². The molecule has 0 saturated carbocycles. The van der Waals surface area contributed by atoms with Crippen molar-refractivity contribution in [2.45, 2.75) is 26.7 Å². The Kier molecular flexibility index (Phi) is 3.67. The molecule has 0 aromatic heterocycles. The van der Waals surface area contributed by atoms with Gasteiger partial charge < -0.3 is 9.47 Å². The van der Waals surface area contributed by atoms with Gasteiger partial charge in [0.25, 0.3) is 0 Å². The minimum Gasteiger partial charge on any atom is -0.489 e. The van der Waals surface area contributed by atoms with Crippen LogP contribution in [-0.2, 0) is 0 Å². The summed E-state index contributed by atoms with van der Waals surface area (Å²) in [6.45, 7) is 5.38. The van der Waals surface area contributed by atoms with Gasteiger partial charge in [-0.25, -0.2) is 0 Å². The molecule has 0 bridgehead atoms. The average molecular weight is 234 g/mol. The van der Waals surface area contributed by atoms with Crippen LogP contribution in [-0.4, -0.2) is 19.0 Å². The molecule has 1 aliphatic heterocycles. The number of fused-ring (bicyclic) bond motifs is 1. The quantitative estimate of drug-likeness (QED) is 0.754. The maximum absolute atomic E-state index is 11.8. The van der Waals surface area contributed by atoms with Crippen LogP contribution in [0.3, 0.4) is 0 Å². The van der Waals surface area contributed by atoms with Crippen LogP contribution in [0.15, 0.2) is 18.2 Å². The van der Waals surface area contributed by atoms with Gasteiger partial charge in [0, 0.05) is 17.9 Å². The summed E-state index contributed by atoms with van der Waals surface area (Å²) in [5.41, 5.74) is 0.712. The second-order valence-electron chi connectivity index (χ2n) is 4.56. The van der Waals surface area contributed by atoms with Crippen molar-refractivity contribution in [3.8, 4) is 11.5 Å². The van der Waals surface area contributed by atoms with Crippen LogP contribution in [0.4, 0.5) is 0 Å². The first-order chi connectivity index (χ1) is 8.20. The SMILES string of the molecule is CCCC(=O)c1ccc2c(c1)OCC(C)CO2. The first-order valence-electron chi connectivity index (χ1n) is 6.13. The lowest BCUT2D eigenvalue weighted by molar-refractivity contribution is 0.0981. The number of Topliss-reactive ketones (excluding diaryl/α,β-unsaturated/α-hetero) is 1. The zero-order chi connectivity index (χ0) is 12.3. The van der Waals surface area contributed by atoms with Crippen molar-refractivity contribution in [3.05, 3.63) is 23.8 Å². The zero-order valence-electron chi connectivity index (χ0n) is 10.4. The number of ketones is 1. The van der Waals surface area contributed by atoms with Crippen molar-refractivity contribution in [2.75, 3.05) is 13.2 Å². The fourth-order valence-electron chi connectivity index (χ4n) is 1.80. The summed E-state index contributed by atoms with van der Waals surface area (Å²) in [7, 11) is 0. The Hall–Kier alpha value is -1.51. The zero-order valence-corrected chi connectivity index (χ0v) is 10.4. The van der Waals surface area contributed by atoms with E-state index < -0.39 is 0 Å². The number of benzene rings is 1. The van der Waals surface area contributed by atoms with Crippen molar-refractivity contribution in [1.29, 1.82) is 0 Å². The Labute approximate surface area is 102 Å². The van der Waals surface area contributed by atoms with E-state index in [2.05, 4.69) is 6.92 Å². The topological polar surface area (TPSA) is 35.5 Å². The summed E-state index contributed by atoms with van der Waals surface area (Å²) in [6.07, 6.45) is 1.44. The summed E-state index contributed by atoms with van der Waals surface area (Å²) >= 11 is 0. The normalized spacial score (nSPS) is 18.6. The number of carbonyl (C=O) groups is 1. The molecule has 1 unspecified atom stereocenters. The van der Waals surface area contributed by atoms with E-state index in [1.165, 1.54) is 0 Å². The number of hydrogen-bond donors (Lipinski definition) is 0. The molecule has 3 heteroatoms. The molecule has 1 atom stereocenters. The second-order valence-corrected chi connectivity index (χ2v) is 4.56. The lowest BCUT2D eigenvalue weighted by Gasteiger charge is -2.08. The minimum atomic E-state index is 0.163. The van der Waals surface area contributed by atoms with Gasteiger partial charge >= 0.3 is 0 Å². The van der Waals surface area contributed by atoms with Gasteiger partial charge in [-0.15, -0.1) is 0 Å². The summed E-state index contributed by atoms with van der Waals surface area (Å²) < 4.78 is 11.3. The Morgan fingerprint density at radius 2 is 2.00 bits per heavy atom. The Bertz CT molecular complexity index is 412. The van der Waals surface area contributed by atoms with E-state index in [4.69, 9.17) is 9.47 Å². The monoisotopic (exact) mass is 234 g/mol. The summed E-state index contributed by atoms with van der Waals surface area (Å²) in [6, 6.07) is 5.44. The van der Waals surface area contributed by atoms with E-state index >= 15 is 0 Å². The van der Waals surface area contributed by atoms with Gasteiger partial charge in [0.15, 0.2) is 17.3 Å². The van der Waals surface area contributed by atoms with Gasteiger partial charge in [-0.2, -0.15) is 0 Å². The molecule has 2 rings (SSSR count). The summed E-state index contributed by atoms with van der Waals surface area (Å²) in [5.74, 6) is 1.96. The molecule has 0 spiro atoms. The first kappa shape index (κ1) is 12.0. The predicted octanol–water partition coefficient (Wildman–Crippen LogP) is 3.08. The van der Waals surface area contributed by atoms with Crippen LogP contribution in [0.25, 0.3) is 0 Å². The standard InChI is InChI=1S/C14H18O3/c1-3-4-12(15)11-5-6-13-14(7-11)17-9-10(2)8-16-13/h5-7,10H,3-4,8-9H2,1-2H3. The molecule has 0 radical (unpaired) electrons. The molecule has 0 fully saturated rings. The summed E-state index contributed by atoms with van der Waals surface area (Å²) in [5, 5.41) is 0. The van der Waals surface area contributed by atoms with Crippen LogP contribution in [0.5, 0.6) is 11.5 Å². The molecule has 0 amide bonds. The van der Waals surface area contributed by atoms with Crippen LogP contribution in [0.2, 0.25) is 0 Å². The lowest BCUT2D eigenvalue weighted by Crippen LogP contribution is -2.12. The van der Waals surface area contributed by atoms with Crippen LogP contribution >= 0.6 is 0 Å². The minimum absolute atomic E-state index is 0.163. The Balaban J connectivity index is 2.22. The van der Waals surface area contributed by atoms with E-state index in [0.717, 1.165) is 12.2 Å². The van der Waals surface area contributed by atoms with E-state index in [1.807, 2.05) is 19.1 Å². The van der Waals surface area contributed by atoms with Crippen molar-refractivity contribution < 1.29 is 14.3 Å². The molecule has 0 N–H and O–H groups in total. The maximum Gasteiger partial charge on any atom is 0.163 e. The molecule has 1 aliphatic rings. The molecule has 1 heterocycles. The number of ether oxygens (including phenoxy) is 2. The van der Waals surface area contributed by atoms with Crippen LogP contribution < -0.4 is 9.47 Å². The highest BCUT2D eigenvalue weighted by Crippen LogP contribution is 2.31. The van der Waals surface area contributed by atoms with E-state index in [-0.39, 0.29) is 5.78 Å². The van der Waals surface area contributed by atoms with Gasteiger partial charge in [0.1, 0.15) is 0 Å². The first-order valence-corrected chi connectivity index (χ1v) is 6.13. The third-order valence-electron chi connectivity index (χ3n) is 2.79. The number of rotatable bonds is 3. The van der Waals surface area contributed by atoms with Gasteiger partial charge in [0.05, 0.1) is 13.2 Å². The fraction of sp³-hybridized carbons (Fsp3) is 0.500. The van der Waals surface area contributed by atoms with E-state index in [9.17, 15) is 4.79 Å². The largest absolute Gasteiger partial charge is 0.489 e. The molecule has 3 nitrogen and oxygen atoms in total. The van der Waals surface area contributed by atoms with Crippen molar-refractivity contribution in [1.82, 2.24) is 0 Å². The lowest BCUT2D eigenvalue weighted by atomic mass is 10.1. The average Bonchev–Trinajstić information content (AvgIpc) is 2.52. The van der Waals surface area contributed by atoms with Gasteiger partial charge in [-0.05, 0) is 24.6 Å². The van der Waals surface area contributed by atoms with Gasteiger partial charge in [0.2, 0.25) is 0 Å². The highest BCUT2D eigenvalue weighted by atomic mass is 16.5. The molecule has 0 aliphatic carbocycles. The molecule has 0 saturated heterocycles. The third kappa shape index (κ3) is 2.78. The van der Waals surface area contributed by atoms with Crippen molar-refractivity contribution in [2.24, 2.45) is 5.92 Å². The molecule has 1 aromatic carbocycles. The van der Waals surface area contributed by atoms with E-state index in [0.29, 0.717) is 36.9 Å². The van der Waals surface area contributed by atoms with Gasteiger partial charge in [-0.1, -0.05) is 13.8 Å². The van der Waals surface area contributed by atoms with Crippen LogP contribution in [0, 0.1) is 5.92 Å². The molecule has 1 aromatic rings. The highest BCUT2D eigenvalue weighted by molar-refractivity contribution is 5.96. The number of hydrogen-bond acceptors (Lipinski definition) is 3. The molecule has 92 valence electrons. The Morgan fingerprint density at radius 1 is 1.29 bits per heavy atom. The highest BCUT2D eigenvalue weighted by Gasteiger charge is 2.16. The summed E-state index contributed by atoms with van der Waals surface area (Å²) in [4.78, 5) is 11.8. The molecular weight excluding hydrogens is 216 g/mol. The van der Waals surface area contributed by atoms with Gasteiger partial charge in [-0.3, -0.25) is 4.79 Å². The maximum atomic E-state index is 11.8. The Morgan fingerprint density at radius 3 is 2.71 bits per heavy atom.